The van der Waals surface area contributed by atoms with Crippen LogP contribution in [0, 0.1) is 5.92 Å². The van der Waals surface area contributed by atoms with Crippen molar-refractivity contribution in [2.75, 3.05) is 32.7 Å². The van der Waals surface area contributed by atoms with Crippen LogP contribution in [0.25, 0.3) is 0 Å². The zero-order chi connectivity index (χ0) is 19.4. The fourth-order valence-corrected chi connectivity index (χ4v) is 4.28. The van der Waals surface area contributed by atoms with E-state index in [9.17, 15) is 4.79 Å². The molecule has 1 aromatic carbocycles. The van der Waals surface area contributed by atoms with Gasteiger partial charge in [0.15, 0.2) is 0 Å². The SMILES string of the molecule is CC(C(=O)O)N1CCC(CN2CCC(Oc3ccc(Cl)c(Cl)c3)CC2)CC1. The highest BCUT2D eigenvalue weighted by Crippen LogP contribution is 2.28. The third-order valence-corrected chi connectivity index (χ3v) is 6.54. The standard InChI is InChI=1S/C20H28Cl2N2O3/c1-14(20(25)26)24-10-4-15(5-11-24)13-23-8-6-16(7-9-23)27-17-2-3-18(21)19(22)12-17/h2-3,12,14-16H,4-11,13H2,1H3,(H,25,26). The minimum absolute atomic E-state index is 0.219. The Hall–Kier alpha value is -1.01. The van der Waals surface area contributed by atoms with Crippen molar-refractivity contribution in [2.45, 2.75) is 44.8 Å². The molecule has 0 aliphatic carbocycles. The second-order valence-corrected chi connectivity index (χ2v) is 8.50. The Labute approximate surface area is 171 Å². The first-order chi connectivity index (χ1) is 12.9. The smallest absolute Gasteiger partial charge is 0.320 e. The second kappa shape index (κ2) is 9.46. The Kier molecular flexibility index (Phi) is 7.26. The topological polar surface area (TPSA) is 53.0 Å². The lowest BCUT2D eigenvalue weighted by atomic mass is 9.94. The summed E-state index contributed by atoms with van der Waals surface area (Å²) in [6.07, 6.45) is 4.40. The van der Waals surface area contributed by atoms with Gasteiger partial charge in [-0.15, -0.1) is 0 Å². The molecule has 1 N–H and O–H groups in total. The maximum absolute atomic E-state index is 11.1. The van der Waals surface area contributed by atoms with E-state index in [1.165, 1.54) is 0 Å². The van der Waals surface area contributed by atoms with Crippen LogP contribution in [0.1, 0.15) is 32.6 Å². The first kappa shape index (κ1) is 20.7. The van der Waals surface area contributed by atoms with Crippen molar-refractivity contribution < 1.29 is 14.6 Å². The van der Waals surface area contributed by atoms with Gasteiger partial charge in [-0.2, -0.15) is 0 Å². The Morgan fingerprint density at radius 2 is 1.81 bits per heavy atom. The number of carbonyl (C=O) groups is 1. The minimum atomic E-state index is -0.725. The molecule has 5 nitrogen and oxygen atoms in total. The molecule has 0 amide bonds. The van der Waals surface area contributed by atoms with Crippen molar-refractivity contribution >= 4 is 29.2 Å². The summed E-state index contributed by atoms with van der Waals surface area (Å²) < 4.78 is 6.06. The number of likely N-dealkylation sites (tertiary alicyclic amines) is 2. The van der Waals surface area contributed by atoms with E-state index in [1.54, 1.807) is 19.1 Å². The highest BCUT2D eigenvalue weighted by Gasteiger charge is 2.28. The van der Waals surface area contributed by atoms with Crippen molar-refractivity contribution in [3.63, 3.8) is 0 Å². The number of hydrogen-bond donors (Lipinski definition) is 1. The summed E-state index contributed by atoms with van der Waals surface area (Å²) in [4.78, 5) is 15.7. The van der Waals surface area contributed by atoms with E-state index in [0.29, 0.717) is 16.0 Å². The van der Waals surface area contributed by atoms with Gasteiger partial charge in [0.25, 0.3) is 0 Å². The molecule has 1 atom stereocenters. The first-order valence-corrected chi connectivity index (χ1v) is 10.5. The van der Waals surface area contributed by atoms with Crippen LogP contribution in [0.4, 0.5) is 0 Å². The van der Waals surface area contributed by atoms with E-state index in [0.717, 1.165) is 64.2 Å². The van der Waals surface area contributed by atoms with Gasteiger partial charge in [-0.05, 0) is 63.7 Å². The van der Waals surface area contributed by atoms with Crippen LogP contribution in [0.2, 0.25) is 10.0 Å². The Morgan fingerprint density at radius 1 is 1.15 bits per heavy atom. The monoisotopic (exact) mass is 414 g/mol. The summed E-state index contributed by atoms with van der Waals surface area (Å²) in [6.45, 7) is 6.73. The Morgan fingerprint density at radius 3 is 2.41 bits per heavy atom. The summed E-state index contributed by atoms with van der Waals surface area (Å²) in [5, 5.41) is 10.2. The number of piperidine rings is 2. The van der Waals surface area contributed by atoms with Gasteiger partial charge in [0.1, 0.15) is 17.9 Å². The predicted molar refractivity (Wildman–Crippen MR) is 108 cm³/mol. The van der Waals surface area contributed by atoms with Crippen molar-refractivity contribution in [3.05, 3.63) is 28.2 Å². The quantitative estimate of drug-likeness (QED) is 0.761. The molecule has 3 rings (SSSR count). The second-order valence-electron chi connectivity index (χ2n) is 7.69. The van der Waals surface area contributed by atoms with E-state index in [1.807, 2.05) is 6.07 Å². The fourth-order valence-electron chi connectivity index (χ4n) is 4.00. The molecule has 2 heterocycles. The lowest BCUT2D eigenvalue weighted by Crippen LogP contribution is -2.47. The van der Waals surface area contributed by atoms with Gasteiger partial charge in [-0.3, -0.25) is 9.69 Å². The molecule has 0 bridgehead atoms. The summed E-state index contributed by atoms with van der Waals surface area (Å²) in [7, 11) is 0. The van der Waals surface area contributed by atoms with Crippen LogP contribution >= 0.6 is 23.2 Å². The third kappa shape index (κ3) is 5.74. The average Bonchev–Trinajstić information content (AvgIpc) is 2.66. The molecule has 2 saturated heterocycles. The number of aliphatic carboxylic acids is 1. The van der Waals surface area contributed by atoms with Gasteiger partial charge in [0, 0.05) is 25.7 Å². The summed E-state index contributed by atoms with van der Waals surface area (Å²) in [5.41, 5.74) is 0. The van der Waals surface area contributed by atoms with E-state index in [-0.39, 0.29) is 12.1 Å². The lowest BCUT2D eigenvalue weighted by molar-refractivity contribution is -0.143. The number of carboxylic acids is 1. The van der Waals surface area contributed by atoms with E-state index >= 15 is 0 Å². The fraction of sp³-hybridized carbons (Fsp3) is 0.650. The lowest BCUT2D eigenvalue weighted by Gasteiger charge is -2.38. The molecule has 7 heteroatoms. The van der Waals surface area contributed by atoms with Crippen LogP contribution in [0.5, 0.6) is 5.75 Å². The van der Waals surface area contributed by atoms with Gasteiger partial charge < -0.3 is 14.7 Å². The highest BCUT2D eigenvalue weighted by atomic mass is 35.5. The van der Waals surface area contributed by atoms with Crippen LogP contribution in [-0.4, -0.2) is 65.7 Å². The van der Waals surface area contributed by atoms with Crippen LogP contribution in [0.15, 0.2) is 18.2 Å². The Balaban J connectivity index is 1.38. The molecule has 150 valence electrons. The zero-order valence-corrected chi connectivity index (χ0v) is 17.3. The van der Waals surface area contributed by atoms with E-state index in [2.05, 4.69) is 9.80 Å². The van der Waals surface area contributed by atoms with Crippen LogP contribution < -0.4 is 4.74 Å². The minimum Gasteiger partial charge on any atom is -0.490 e. The maximum atomic E-state index is 11.1. The van der Waals surface area contributed by atoms with Crippen molar-refractivity contribution in [2.24, 2.45) is 5.92 Å². The average molecular weight is 415 g/mol. The molecular formula is C20H28Cl2N2O3. The molecule has 0 radical (unpaired) electrons. The number of nitrogens with zero attached hydrogens (tertiary/aromatic N) is 2. The number of ether oxygens (including phenoxy) is 1. The van der Waals surface area contributed by atoms with Gasteiger partial charge in [-0.25, -0.2) is 0 Å². The number of carboxylic acid groups (broad SMARTS) is 1. The molecule has 2 aliphatic rings. The molecule has 27 heavy (non-hydrogen) atoms. The van der Waals surface area contributed by atoms with Gasteiger partial charge in [-0.1, -0.05) is 23.2 Å². The zero-order valence-electron chi connectivity index (χ0n) is 15.7. The van der Waals surface area contributed by atoms with Crippen molar-refractivity contribution in [3.8, 4) is 5.75 Å². The number of halogens is 2. The molecule has 0 saturated carbocycles. The van der Waals surface area contributed by atoms with Crippen molar-refractivity contribution in [1.29, 1.82) is 0 Å². The van der Waals surface area contributed by atoms with Gasteiger partial charge in [0.2, 0.25) is 0 Å². The molecule has 0 spiro atoms. The van der Waals surface area contributed by atoms with Crippen molar-refractivity contribution in [1.82, 2.24) is 9.80 Å². The molecule has 2 fully saturated rings. The predicted octanol–water partition coefficient (Wildman–Crippen LogP) is 4.02. The van der Waals surface area contributed by atoms with Gasteiger partial charge >= 0.3 is 5.97 Å². The third-order valence-electron chi connectivity index (χ3n) is 5.80. The van der Waals surface area contributed by atoms with E-state index < -0.39 is 5.97 Å². The molecule has 1 unspecified atom stereocenters. The van der Waals surface area contributed by atoms with E-state index in [4.69, 9.17) is 33.0 Å². The highest BCUT2D eigenvalue weighted by molar-refractivity contribution is 6.42. The van der Waals surface area contributed by atoms with Crippen LogP contribution in [0.3, 0.4) is 0 Å². The molecule has 0 aromatic heterocycles. The maximum Gasteiger partial charge on any atom is 0.320 e. The largest absolute Gasteiger partial charge is 0.490 e. The first-order valence-electron chi connectivity index (χ1n) is 9.73. The number of rotatable bonds is 6. The van der Waals surface area contributed by atoms with Gasteiger partial charge in [0.05, 0.1) is 10.0 Å². The summed E-state index contributed by atoms with van der Waals surface area (Å²) in [5.74, 6) is 0.718. The molecule has 2 aliphatic heterocycles. The summed E-state index contributed by atoms with van der Waals surface area (Å²) >= 11 is 12.0. The molecular weight excluding hydrogens is 387 g/mol. The normalized spacial score (nSPS) is 21.9. The summed E-state index contributed by atoms with van der Waals surface area (Å²) in [6, 6.07) is 5.04. The van der Waals surface area contributed by atoms with Crippen LogP contribution in [-0.2, 0) is 4.79 Å². The number of hydrogen-bond acceptors (Lipinski definition) is 4. The molecule has 1 aromatic rings. The Bertz CT molecular complexity index is 642. The number of benzene rings is 1.